The topological polar surface area (TPSA) is 92.1 Å². The lowest BCUT2D eigenvalue weighted by molar-refractivity contribution is 0.0935. The van der Waals surface area contributed by atoms with Crippen molar-refractivity contribution in [3.8, 4) is 6.07 Å². The maximum atomic E-state index is 12.1. The number of benzene rings is 1. The molecule has 2 unspecified atom stereocenters. The summed E-state index contributed by atoms with van der Waals surface area (Å²) in [5, 5.41) is 21.7. The van der Waals surface area contributed by atoms with Gasteiger partial charge in [-0.25, -0.2) is 0 Å². The second-order valence-corrected chi connectivity index (χ2v) is 6.08. The van der Waals surface area contributed by atoms with Gasteiger partial charge in [-0.3, -0.25) is 9.69 Å². The third-order valence-corrected chi connectivity index (χ3v) is 4.29. The molecule has 2 heterocycles. The SMILES string of the molecule is N#Cc1c[nH]c(C(=O)NCC2CC(O)CN2Cc2ccccc2)c1. The van der Waals surface area contributed by atoms with Crippen molar-refractivity contribution in [1.29, 1.82) is 5.26 Å². The Hall–Kier alpha value is -2.62. The molecule has 0 radical (unpaired) electrons. The summed E-state index contributed by atoms with van der Waals surface area (Å²) < 4.78 is 0. The van der Waals surface area contributed by atoms with Gasteiger partial charge in [0.15, 0.2) is 0 Å². The van der Waals surface area contributed by atoms with E-state index in [0.717, 1.165) is 6.54 Å². The van der Waals surface area contributed by atoms with Crippen molar-refractivity contribution in [3.63, 3.8) is 0 Å². The number of β-amino-alcohol motifs (C(OH)–C–C–N with tert-alkyl or cyclic N) is 1. The molecule has 1 amide bonds. The highest BCUT2D eigenvalue weighted by molar-refractivity contribution is 5.92. The Kier molecular flexibility index (Phi) is 4.94. The van der Waals surface area contributed by atoms with E-state index in [1.807, 2.05) is 24.3 Å². The van der Waals surface area contributed by atoms with E-state index in [9.17, 15) is 9.90 Å². The molecule has 6 nitrogen and oxygen atoms in total. The molecule has 1 fully saturated rings. The first-order chi connectivity index (χ1) is 11.7. The van der Waals surface area contributed by atoms with Gasteiger partial charge in [0, 0.05) is 31.9 Å². The fourth-order valence-electron chi connectivity index (χ4n) is 3.08. The molecule has 24 heavy (non-hydrogen) atoms. The van der Waals surface area contributed by atoms with Crippen LogP contribution in [0.2, 0.25) is 0 Å². The molecule has 2 atom stereocenters. The number of aliphatic hydroxyl groups is 1. The van der Waals surface area contributed by atoms with Gasteiger partial charge < -0.3 is 15.4 Å². The zero-order valence-electron chi connectivity index (χ0n) is 13.3. The minimum absolute atomic E-state index is 0.0922. The molecular formula is C18H20N4O2. The smallest absolute Gasteiger partial charge is 0.267 e. The molecule has 3 N–H and O–H groups in total. The summed E-state index contributed by atoms with van der Waals surface area (Å²) >= 11 is 0. The van der Waals surface area contributed by atoms with Crippen molar-refractivity contribution < 1.29 is 9.90 Å². The Labute approximate surface area is 140 Å². The van der Waals surface area contributed by atoms with E-state index in [0.29, 0.717) is 30.8 Å². The van der Waals surface area contributed by atoms with E-state index in [2.05, 4.69) is 27.3 Å². The second-order valence-electron chi connectivity index (χ2n) is 6.08. The zero-order chi connectivity index (χ0) is 16.9. The van der Waals surface area contributed by atoms with Crippen LogP contribution in [0.4, 0.5) is 0 Å². The summed E-state index contributed by atoms with van der Waals surface area (Å²) in [5.74, 6) is -0.238. The fraction of sp³-hybridized carbons (Fsp3) is 0.333. The number of aromatic amines is 1. The second kappa shape index (κ2) is 7.30. The zero-order valence-corrected chi connectivity index (χ0v) is 13.3. The van der Waals surface area contributed by atoms with Gasteiger partial charge in [-0.15, -0.1) is 0 Å². The molecule has 6 heteroatoms. The van der Waals surface area contributed by atoms with Gasteiger partial charge in [0.2, 0.25) is 0 Å². The largest absolute Gasteiger partial charge is 0.392 e. The Morgan fingerprint density at radius 3 is 2.92 bits per heavy atom. The Bertz CT molecular complexity index is 735. The number of carbonyl (C=O) groups is 1. The molecule has 1 aliphatic heterocycles. The number of aromatic nitrogens is 1. The lowest BCUT2D eigenvalue weighted by Gasteiger charge is -2.24. The average Bonchev–Trinajstić information content (AvgIpc) is 3.20. The molecule has 0 spiro atoms. The maximum absolute atomic E-state index is 12.1. The van der Waals surface area contributed by atoms with Gasteiger partial charge >= 0.3 is 0 Å². The van der Waals surface area contributed by atoms with Crippen LogP contribution in [-0.2, 0) is 6.54 Å². The first-order valence-electron chi connectivity index (χ1n) is 7.98. The molecule has 1 saturated heterocycles. The van der Waals surface area contributed by atoms with Gasteiger partial charge in [-0.1, -0.05) is 30.3 Å². The van der Waals surface area contributed by atoms with E-state index in [4.69, 9.17) is 5.26 Å². The van der Waals surface area contributed by atoms with Crippen LogP contribution in [0.5, 0.6) is 0 Å². The van der Waals surface area contributed by atoms with Crippen LogP contribution in [0.1, 0.15) is 28.0 Å². The van der Waals surface area contributed by atoms with E-state index in [1.165, 1.54) is 17.8 Å². The van der Waals surface area contributed by atoms with Gasteiger partial charge in [-0.2, -0.15) is 5.26 Å². The maximum Gasteiger partial charge on any atom is 0.267 e. The van der Waals surface area contributed by atoms with E-state index in [1.54, 1.807) is 0 Å². The van der Waals surface area contributed by atoms with Crippen molar-refractivity contribution in [2.75, 3.05) is 13.1 Å². The number of nitrogens with one attached hydrogen (secondary N) is 2. The van der Waals surface area contributed by atoms with Gasteiger partial charge in [0.05, 0.1) is 11.7 Å². The lowest BCUT2D eigenvalue weighted by Crippen LogP contribution is -2.39. The summed E-state index contributed by atoms with van der Waals surface area (Å²) in [7, 11) is 0. The lowest BCUT2D eigenvalue weighted by atomic mass is 10.1. The van der Waals surface area contributed by atoms with Crippen LogP contribution in [0.25, 0.3) is 0 Å². The number of amides is 1. The van der Waals surface area contributed by atoms with Gasteiger partial charge in [0.25, 0.3) is 5.91 Å². The number of nitriles is 1. The average molecular weight is 324 g/mol. The van der Waals surface area contributed by atoms with E-state index >= 15 is 0 Å². The minimum Gasteiger partial charge on any atom is -0.392 e. The Balaban J connectivity index is 1.58. The first kappa shape index (κ1) is 16.2. The number of likely N-dealkylation sites (tertiary alicyclic amines) is 1. The fourth-order valence-corrected chi connectivity index (χ4v) is 3.08. The summed E-state index contributed by atoms with van der Waals surface area (Å²) in [6, 6.07) is 13.7. The number of H-pyrrole nitrogens is 1. The van der Waals surface area contributed by atoms with Crippen LogP contribution >= 0.6 is 0 Å². The predicted octanol–water partition coefficient (Wildman–Crippen LogP) is 1.25. The van der Waals surface area contributed by atoms with Crippen LogP contribution in [-0.4, -0.2) is 46.1 Å². The van der Waals surface area contributed by atoms with Crippen LogP contribution in [0.15, 0.2) is 42.6 Å². The number of carbonyl (C=O) groups excluding carboxylic acids is 1. The normalized spacial score (nSPS) is 20.7. The highest BCUT2D eigenvalue weighted by Gasteiger charge is 2.31. The van der Waals surface area contributed by atoms with E-state index in [-0.39, 0.29) is 18.1 Å². The molecule has 1 aromatic carbocycles. The summed E-state index contributed by atoms with van der Waals surface area (Å²) in [4.78, 5) is 17.1. The molecule has 124 valence electrons. The van der Waals surface area contributed by atoms with Crippen molar-refractivity contribution >= 4 is 5.91 Å². The number of hydrogen-bond donors (Lipinski definition) is 3. The van der Waals surface area contributed by atoms with Crippen LogP contribution < -0.4 is 5.32 Å². The summed E-state index contributed by atoms with van der Waals surface area (Å²) in [6.07, 6.45) is 1.78. The number of aliphatic hydroxyl groups excluding tert-OH is 1. The predicted molar refractivity (Wildman–Crippen MR) is 89.1 cm³/mol. The van der Waals surface area contributed by atoms with Crippen LogP contribution in [0.3, 0.4) is 0 Å². The Morgan fingerprint density at radius 1 is 1.42 bits per heavy atom. The highest BCUT2D eigenvalue weighted by Crippen LogP contribution is 2.20. The molecule has 2 aromatic rings. The molecule has 1 aromatic heterocycles. The highest BCUT2D eigenvalue weighted by atomic mass is 16.3. The molecule has 0 saturated carbocycles. The molecule has 0 aliphatic carbocycles. The van der Waals surface area contributed by atoms with Gasteiger partial charge in [0.1, 0.15) is 11.8 Å². The van der Waals surface area contributed by atoms with Gasteiger partial charge in [-0.05, 0) is 18.1 Å². The van der Waals surface area contributed by atoms with Crippen molar-refractivity contribution in [1.82, 2.24) is 15.2 Å². The van der Waals surface area contributed by atoms with Crippen molar-refractivity contribution in [2.45, 2.75) is 25.1 Å². The Morgan fingerprint density at radius 2 is 2.21 bits per heavy atom. The number of nitrogens with zero attached hydrogens (tertiary/aromatic N) is 2. The first-order valence-corrected chi connectivity index (χ1v) is 7.98. The third-order valence-electron chi connectivity index (χ3n) is 4.29. The van der Waals surface area contributed by atoms with Crippen LogP contribution in [0, 0.1) is 11.3 Å². The minimum atomic E-state index is -0.369. The molecule has 1 aliphatic rings. The van der Waals surface area contributed by atoms with Crippen molar-refractivity contribution in [2.24, 2.45) is 0 Å². The number of hydrogen-bond acceptors (Lipinski definition) is 4. The standard InChI is InChI=1S/C18H20N4O2/c19-8-14-6-17(20-9-14)18(24)21-10-15-7-16(23)12-22(15)11-13-4-2-1-3-5-13/h1-6,9,15-16,20,23H,7,10-12H2,(H,21,24). The quantitative estimate of drug-likeness (QED) is 0.772. The summed E-state index contributed by atoms with van der Waals surface area (Å²) in [6.45, 7) is 1.82. The number of rotatable bonds is 5. The third kappa shape index (κ3) is 3.82. The molecule has 3 rings (SSSR count). The molecular weight excluding hydrogens is 304 g/mol. The molecule has 0 bridgehead atoms. The van der Waals surface area contributed by atoms with Crippen molar-refractivity contribution in [3.05, 3.63) is 59.4 Å². The van der Waals surface area contributed by atoms with E-state index < -0.39 is 0 Å². The summed E-state index contributed by atoms with van der Waals surface area (Å²) in [5.41, 5.74) is 1.99. The monoisotopic (exact) mass is 324 g/mol.